The smallest absolute Gasteiger partial charge is 0.335 e. The second-order valence-electron chi connectivity index (χ2n) is 8.44. The number of nitrogens with one attached hydrogen (secondary N) is 1. The number of hydrogen-bond acceptors (Lipinski definition) is 10. The second kappa shape index (κ2) is 9.71. The summed E-state index contributed by atoms with van der Waals surface area (Å²) in [5.41, 5.74) is 1.90. The number of ether oxygens (including phenoxy) is 2. The molecule has 0 spiro atoms. The first-order valence-corrected chi connectivity index (χ1v) is 10.7. The van der Waals surface area contributed by atoms with Crippen LogP contribution in [0.3, 0.4) is 0 Å². The van der Waals surface area contributed by atoms with Gasteiger partial charge >= 0.3 is 5.97 Å². The molecular formula is C21H29N5O7. The number of imidazole rings is 1. The maximum atomic E-state index is 11.5. The van der Waals surface area contributed by atoms with E-state index in [0.29, 0.717) is 23.6 Å². The van der Waals surface area contributed by atoms with E-state index in [4.69, 9.17) is 9.47 Å². The van der Waals surface area contributed by atoms with E-state index < -0.39 is 36.7 Å². The molecule has 0 aromatic carbocycles. The van der Waals surface area contributed by atoms with Crippen molar-refractivity contribution >= 4 is 5.97 Å². The molecule has 12 nitrogen and oxygen atoms in total. The molecule has 4 heterocycles. The van der Waals surface area contributed by atoms with Crippen molar-refractivity contribution < 1.29 is 34.7 Å². The van der Waals surface area contributed by atoms with E-state index in [1.165, 1.54) is 0 Å². The van der Waals surface area contributed by atoms with Gasteiger partial charge in [0.1, 0.15) is 24.1 Å². The van der Waals surface area contributed by atoms with Crippen molar-refractivity contribution in [3.63, 3.8) is 0 Å². The quantitative estimate of drug-likeness (QED) is 0.349. The third-order valence-electron chi connectivity index (χ3n) is 6.06. The fourth-order valence-corrected chi connectivity index (χ4v) is 4.06. The van der Waals surface area contributed by atoms with Gasteiger partial charge in [-0.15, -0.1) is 0 Å². The summed E-state index contributed by atoms with van der Waals surface area (Å²) in [6.07, 6.45) is -3.54. The van der Waals surface area contributed by atoms with Gasteiger partial charge in [-0.3, -0.25) is 9.88 Å². The summed E-state index contributed by atoms with van der Waals surface area (Å²) in [5.74, 6) is -0.722. The Balaban J connectivity index is 1.68. The normalized spacial score (nSPS) is 29.2. The standard InChI is InChI=1S/C21H29N5O7/c1-11-17(32-21-16(29)14(27)15(28)18(33-21)20(30)31)13(19-22-3-4-23-19)12(9-24-11)10-26-7-5-25(2)6-8-26/h3-4,9,14-16,18,21,27-29H,5-8,10H2,1-2H3,(H,22,23)(H,30,31)/t14-,15-,16+,18-,21+/m0/s1. The summed E-state index contributed by atoms with van der Waals surface area (Å²) >= 11 is 0. The van der Waals surface area contributed by atoms with Crippen LogP contribution in [0.5, 0.6) is 5.75 Å². The van der Waals surface area contributed by atoms with Crippen molar-refractivity contribution in [3.05, 3.63) is 29.8 Å². The molecule has 0 saturated carbocycles. The van der Waals surface area contributed by atoms with Crippen LogP contribution in [0, 0.1) is 6.92 Å². The molecule has 180 valence electrons. The van der Waals surface area contributed by atoms with E-state index >= 15 is 0 Å². The fraction of sp³-hybridized carbons (Fsp3) is 0.571. The molecule has 5 atom stereocenters. The predicted octanol–water partition coefficient (Wildman–Crippen LogP) is -1.20. The highest BCUT2D eigenvalue weighted by molar-refractivity contribution is 5.73. The topological polar surface area (TPSA) is 164 Å². The van der Waals surface area contributed by atoms with E-state index in [0.717, 1.165) is 31.7 Å². The molecule has 2 aliphatic heterocycles. The SMILES string of the molecule is Cc1ncc(CN2CCN(C)CC2)c(-c2ncc[nH]2)c1O[C@@H]1O[C@H](C(=O)O)[C@@H](O)[C@H](O)[C@H]1O. The molecule has 2 aliphatic rings. The average molecular weight is 463 g/mol. The minimum absolute atomic E-state index is 0.244. The summed E-state index contributed by atoms with van der Waals surface area (Å²) in [4.78, 5) is 27.9. The van der Waals surface area contributed by atoms with Gasteiger partial charge in [-0.25, -0.2) is 9.78 Å². The number of rotatable bonds is 6. The van der Waals surface area contributed by atoms with Crippen LogP contribution in [0.4, 0.5) is 0 Å². The maximum absolute atomic E-state index is 11.5. The van der Waals surface area contributed by atoms with Gasteiger partial charge in [0.05, 0.1) is 11.3 Å². The van der Waals surface area contributed by atoms with E-state index in [-0.39, 0.29) is 5.75 Å². The lowest BCUT2D eigenvalue weighted by atomic mass is 9.99. The lowest BCUT2D eigenvalue weighted by molar-refractivity contribution is -0.271. The zero-order chi connectivity index (χ0) is 23.7. The number of carboxylic acid groups (broad SMARTS) is 1. The van der Waals surface area contributed by atoms with Crippen molar-refractivity contribution in [1.82, 2.24) is 24.8 Å². The first kappa shape index (κ1) is 23.5. The summed E-state index contributed by atoms with van der Waals surface area (Å²) in [6.45, 7) is 5.94. The number of aryl methyl sites for hydroxylation is 1. The molecule has 2 fully saturated rings. The van der Waals surface area contributed by atoms with Crippen molar-refractivity contribution in [2.24, 2.45) is 0 Å². The van der Waals surface area contributed by atoms with Gasteiger partial charge in [-0.2, -0.15) is 0 Å². The van der Waals surface area contributed by atoms with E-state index in [9.17, 15) is 25.2 Å². The monoisotopic (exact) mass is 463 g/mol. The Hall–Kier alpha value is -2.61. The molecule has 33 heavy (non-hydrogen) atoms. The third kappa shape index (κ3) is 4.86. The van der Waals surface area contributed by atoms with Gasteiger partial charge in [0.2, 0.25) is 6.29 Å². The number of hydrogen-bond donors (Lipinski definition) is 5. The van der Waals surface area contributed by atoms with Crippen molar-refractivity contribution in [2.75, 3.05) is 33.2 Å². The molecule has 0 aliphatic carbocycles. The van der Waals surface area contributed by atoms with Crippen LogP contribution in [0.15, 0.2) is 18.6 Å². The maximum Gasteiger partial charge on any atom is 0.335 e. The lowest BCUT2D eigenvalue weighted by Crippen LogP contribution is -2.61. The van der Waals surface area contributed by atoms with Crippen molar-refractivity contribution in [3.8, 4) is 17.1 Å². The van der Waals surface area contributed by atoms with Crippen molar-refractivity contribution in [2.45, 2.75) is 44.2 Å². The predicted molar refractivity (Wildman–Crippen MR) is 114 cm³/mol. The molecule has 4 rings (SSSR count). The Morgan fingerprint density at radius 2 is 1.91 bits per heavy atom. The highest BCUT2D eigenvalue weighted by Gasteiger charge is 2.48. The van der Waals surface area contributed by atoms with Gasteiger partial charge in [-0.05, 0) is 19.5 Å². The van der Waals surface area contributed by atoms with Gasteiger partial charge < -0.3 is 39.8 Å². The highest BCUT2D eigenvalue weighted by Crippen LogP contribution is 2.36. The zero-order valence-electron chi connectivity index (χ0n) is 18.5. The van der Waals surface area contributed by atoms with E-state index in [1.807, 2.05) is 0 Å². The number of H-pyrrole nitrogens is 1. The van der Waals surface area contributed by atoms with E-state index in [2.05, 4.69) is 31.8 Å². The summed E-state index contributed by atoms with van der Waals surface area (Å²) < 4.78 is 11.3. The summed E-state index contributed by atoms with van der Waals surface area (Å²) in [5, 5.41) is 39.9. The Morgan fingerprint density at radius 3 is 2.55 bits per heavy atom. The Bertz CT molecular complexity index is 964. The molecule has 0 bridgehead atoms. The minimum Gasteiger partial charge on any atom is -0.479 e. The van der Waals surface area contributed by atoms with Crippen LogP contribution >= 0.6 is 0 Å². The largest absolute Gasteiger partial charge is 0.479 e. The number of aromatic nitrogens is 3. The van der Waals surface area contributed by atoms with Crippen LogP contribution in [0.2, 0.25) is 0 Å². The number of carboxylic acids is 1. The molecule has 5 N–H and O–H groups in total. The molecule has 0 amide bonds. The van der Waals surface area contributed by atoms with Gasteiger partial charge in [0.25, 0.3) is 0 Å². The number of likely N-dealkylation sites (N-methyl/N-ethyl adjacent to an activating group) is 1. The highest BCUT2D eigenvalue weighted by atomic mass is 16.7. The van der Waals surface area contributed by atoms with Crippen LogP contribution in [-0.2, 0) is 16.1 Å². The van der Waals surface area contributed by atoms with Crippen LogP contribution in [-0.4, -0.2) is 115 Å². The summed E-state index contributed by atoms with van der Waals surface area (Å²) in [6, 6.07) is 0. The number of nitrogens with zero attached hydrogens (tertiary/aromatic N) is 4. The lowest BCUT2D eigenvalue weighted by Gasteiger charge is -2.39. The second-order valence-corrected chi connectivity index (χ2v) is 8.44. The number of aliphatic hydroxyl groups is 3. The Morgan fingerprint density at radius 1 is 1.18 bits per heavy atom. The van der Waals surface area contributed by atoms with Gasteiger partial charge in [0.15, 0.2) is 11.9 Å². The number of aliphatic carboxylic acids is 1. The average Bonchev–Trinajstić information content (AvgIpc) is 3.32. The molecule has 12 heteroatoms. The number of aromatic amines is 1. The Labute approximate surface area is 190 Å². The number of piperazine rings is 1. The van der Waals surface area contributed by atoms with E-state index in [1.54, 1.807) is 25.5 Å². The third-order valence-corrected chi connectivity index (χ3v) is 6.06. The van der Waals surface area contributed by atoms with Crippen LogP contribution in [0.1, 0.15) is 11.3 Å². The summed E-state index contributed by atoms with van der Waals surface area (Å²) in [7, 11) is 2.08. The molecule has 2 aromatic heterocycles. The number of carbonyl (C=O) groups is 1. The first-order valence-electron chi connectivity index (χ1n) is 10.7. The van der Waals surface area contributed by atoms with Crippen LogP contribution < -0.4 is 4.74 Å². The Kier molecular flexibility index (Phi) is 6.93. The number of pyridine rings is 1. The molecule has 2 saturated heterocycles. The van der Waals surface area contributed by atoms with Crippen molar-refractivity contribution in [1.29, 1.82) is 0 Å². The van der Waals surface area contributed by atoms with Gasteiger partial charge in [-0.1, -0.05) is 0 Å². The molecular weight excluding hydrogens is 434 g/mol. The molecule has 0 unspecified atom stereocenters. The number of aliphatic hydroxyl groups excluding tert-OH is 3. The molecule has 0 radical (unpaired) electrons. The molecule has 2 aromatic rings. The fourth-order valence-electron chi connectivity index (χ4n) is 4.06. The van der Waals surface area contributed by atoms with Crippen LogP contribution in [0.25, 0.3) is 11.4 Å². The van der Waals surface area contributed by atoms with Gasteiger partial charge in [0, 0.05) is 51.3 Å². The zero-order valence-corrected chi connectivity index (χ0v) is 18.5. The first-order chi connectivity index (χ1) is 15.8. The minimum atomic E-state index is -1.80.